The quantitative estimate of drug-likeness (QED) is 0.324. The Labute approximate surface area is 280 Å². The summed E-state index contributed by atoms with van der Waals surface area (Å²) in [6.07, 6.45) is 4.68. The lowest BCUT2D eigenvalue weighted by Crippen LogP contribution is -2.56. The number of pyridine rings is 1. The summed E-state index contributed by atoms with van der Waals surface area (Å²) in [7, 11) is 0. The fraction of sp³-hybridized carbons (Fsp3) is 0.515. The Bertz CT molecular complexity index is 1480. The van der Waals surface area contributed by atoms with Gasteiger partial charge in [0, 0.05) is 73.5 Å². The molecule has 0 aliphatic carbocycles. The zero-order valence-corrected chi connectivity index (χ0v) is 28.1. The van der Waals surface area contributed by atoms with Crippen LogP contribution in [0, 0.1) is 0 Å². The predicted octanol–water partition coefficient (Wildman–Crippen LogP) is 5.65. The molecule has 3 fully saturated rings. The summed E-state index contributed by atoms with van der Waals surface area (Å²) in [4.78, 5) is 33.3. The van der Waals surface area contributed by atoms with E-state index in [9.17, 15) is 4.79 Å². The zero-order chi connectivity index (χ0) is 32.3. The molecule has 2 aromatic heterocycles. The first-order chi connectivity index (χ1) is 22.1. The summed E-state index contributed by atoms with van der Waals surface area (Å²) in [6.45, 7) is 13.3. The van der Waals surface area contributed by atoms with Crippen molar-refractivity contribution in [2.24, 2.45) is 0 Å². The Morgan fingerprint density at radius 3 is 2.24 bits per heavy atom. The Hall–Kier alpha value is -3.22. The predicted molar refractivity (Wildman–Crippen MR) is 178 cm³/mol. The van der Waals surface area contributed by atoms with Gasteiger partial charge in [-0.1, -0.05) is 23.2 Å². The van der Waals surface area contributed by atoms with Crippen molar-refractivity contribution >= 4 is 35.2 Å². The Balaban J connectivity index is 1.12. The van der Waals surface area contributed by atoms with Crippen LogP contribution in [0.4, 0.5) is 10.7 Å². The molecular weight excluding hydrogens is 629 g/mol. The SMILES string of the molecule is CC(C)(C)OC(=O)NC1CCN(Cc2cc(Oc3cnc(N4CCN(C5COC5)CC4)nc3)nc(-c3cc(Cl)cc(Cl)c3)c2)CC1. The van der Waals surface area contributed by atoms with Crippen LogP contribution in [0.15, 0.2) is 42.7 Å². The van der Waals surface area contributed by atoms with E-state index in [1.807, 2.05) is 45.0 Å². The van der Waals surface area contributed by atoms with E-state index in [1.54, 1.807) is 18.5 Å². The molecule has 1 N–H and O–H groups in total. The van der Waals surface area contributed by atoms with Gasteiger partial charge < -0.3 is 24.4 Å². The van der Waals surface area contributed by atoms with Crippen LogP contribution in [0.3, 0.4) is 0 Å². The average Bonchev–Trinajstić information content (AvgIpc) is 2.97. The number of likely N-dealkylation sites (tertiary alicyclic amines) is 1. The first-order valence-corrected chi connectivity index (χ1v) is 16.6. The Morgan fingerprint density at radius 1 is 0.957 bits per heavy atom. The van der Waals surface area contributed by atoms with Crippen LogP contribution in [0.5, 0.6) is 11.6 Å². The minimum Gasteiger partial charge on any atom is -0.444 e. The number of amides is 1. The van der Waals surface area contributed by atoms with Gasteiger partial charge in [0.2, 0.25) is 11.8 Å². The largest absolute Gasteiger partial charge is 0.444 e. The molecule has 0 spiro atoms. The number of halogens is 2. The van der Waals surface area contributed by atoms with Crippen LogP contribution in [0.25, 0.3) is 11.3 Å². The Kier molecular flexibility index (Phi) is 10.1. The minimum atomic E-state index is -0.522. The summed E-state index contributed by atoms with van der Waals surface area (Å²) < 4.78 is 17.0. The van der Waals surface area contributed by atoms with Gasteiger partial charge in [-0.2, -0.15) is 0 Å². The van der Waals surface area contributed by atoms with E-state index in [-0.39, 0.29) is 12.1 Å². The molecule has 6 rings (SSSR count). The molecule has 0 radical (unpaired) electrons. The van der Waals surface area contributed by atoms with Gasteiger partial charge in [-0.05, 0) is 63.4 Å². The van der Waals surface area contributed by atoms with Crippen LogP contribution in [0.2, 0.25) is 10.0 Å². The number of ether oxygens (including phenoxy) is 3. The lowest BCUT2D eigenvalue weighted by atomic mass is 10.0. The number of hydrogen-bond acceptors (Lipinski definition) is 10. The van der Waals surface area contributed by atoms with Gasteiger partial charge in [0.05, 0.1) is 37.3 Å². The van der Waals surface area contributed by atoms with Crippen molar-refractivity contribution in [2.45, 2.75) is 57.8 Å². The molecule has 1 aromatic carbocycles. The van der Waals surface area contributed by atoms with Crippen LogP contribution in [-0.2, 0) is 16.0 Å². The summed E-state index contributed by atoms with van der Waals surface area (Å²) in [5, 5.41) is 4.07. The minimum absolute atomic E-state index is 0.0794. The fourth-order valence-electron chi connectivity index (χ4n) is 5.89. The Morgan fingerprint density at radius 2 is 1.63 bits per heavy atom. The second-order valence-electron chi connectivity index (χ2n) is 13.1. The molecule has 246 valence electrons. The summed E-state index contributed by atoms with van der Waals surface area (Å²) in [6, 6.07) is 9.98. The number of anilines is 1. The number of alkyl carbamates (subject to hydrolysis) is 1. The molecule has 0 saturated carbocycles. The smallest absolute Gasteiger partial charge is 0.407 e. The number of benzene rings is 1. The lowest BCUT2D eigenvalue weighted by Gasteiger charge is -2.42. The topological polar surface area (TPSA) is 105 Å². The molecule has 3 saturated heterocycles. The third kappa shape index (κ3) is 8.77. The van der Waals surface area contributed by atoms with Gasteiger partial charge in [-0.25, -0.2) is 19.7 Å². The fourth-order valence-corrected chi connectivity index (χ4v) is 6.41. The van der Waals surface area contributed by atoms with Gasteiger partial charge in [0.25, 0.3) is 0 Å². The van der Waals surface area contributed by atoms with E-state index in [2.05, 4.69) is 30.0 Å². The molecule has 3 aliphatic heterocycles. The van der Waals surface area contributed by atoms with E-state index < -0.39 is 5.60 Å². The highest BCUT2D eigenvalue weighted by Crippen LogP contribution is 2.31. The first-order valence-electron chi connectivity index (χ1n) is 15.8. The van der Waals surface area contributed by atoms with E-state index >= 15 is 0 Å². The standard InChI is InChI=1S/C33H41Cl2N7O4/c1-33(2,3)46-32(43)38-26-4-6-40(7-5-26)19-22-12-29(23-14-24(34)16-25(35)15-23)39-30(13-22)45-28-17-36-31(37-18-28)42-10-8-41(9-11-42)27-20-44-21-27/h12-18,26-27H,4-11,19-21H2,1-3H3,(H,38,43). The zero-order valence-electron chi connectivity index (χ0n) is 26.5. The maximum atomic E-state index is 12.2. The molecule has 5 heterocycles. The van der Waals surface area contributed by atoms with Gasteiger partial charge in [0.15, 0.2) is 5.75 Å². The molecule has 1 amide bonds. The molecule has 13 heteroatoms. The molecule has 0 bridgehead atoms. The second-order valence-corrected chi connectivity index (χ2v) is 14.0. The molecule has 11 nitrogen and oxygen atoms in total. The maximum absolute atomic E-state index is 12.2. The van der Waals surface area contributed by atoms with E-state index in [0.29, 0.717) is 45.9 Å². The first kappa shape index (κ1) is 32.7. The second kappa shape index (κ2) is 14.3. The number of nitrogens with zero attached hydrogens (tertiary/aromatic N) is 6. The van der Waals surface area contributed by atoms with Crippen molar-refractivity contribution in [3.63, 3.8) is 0 Å². The number of aromatic nitrogens is 3. The van der Waals surface area contributed by atoms with Crippen molar-refractivity contribution < 1.29 is 19.0 Å². The van der Waals surface area contributed by atoms with Gasteiger partial charge >= 0.3 is 6.09 Å². The number of piperidine rings is 1. The highest BCUT2D eigenvalue weighted by Gasteiger charge is 2.29. The van der Waals surface area contributed by atoms with Crippen LogP contribution in [-0.4, -0.2) is 101 Å². The van der Waals surface area contributed by atoms with Crippen molar-refractivity contribution in [2.75, 3.05) is 57.4 Å². The van der Waals surface area contributed by atoms with E-state index in [1.165, 1.54) is 0 Å². The molecular formula is C33H41Cl2N7O4. The summed E-state index contributed by atoms with van der Waals surface area (Å²) in [5.41, 5.74) is 2.00. The monoisotopic (exact) mass is 669 g/mol. The van der Waals surface area contributed by atoms with Crippen molar-refractivity contribution in [3.05, 3.63) is 58.3 Å². The summed E-state index contributed by atoms with van der Waals surface area (Å²) in [5.74, 6) is 1.62. The number of carbonyl (C=O) groups is 1. The molecule has 3 aliphatic rings. The van der Waals surface area contributed by atoms with Crippen molar-refractivity contribution in [1.82, 2.24) is 30.1 Å². The molecule has 0 unspecified atom stereocenters. The number of piperazine rings is 1. The van der Waals surface area contributed by atoms with Crippen LogP contribution in [0.1, 0.15) is 39.2 Å². The normalized spacial score (nSPS) is 18.7. The number of hydrogen-bond donors (Lipinski definition) is 1. The molecule has 46 heavy (non-hydrogen) atoms. The third-order valence-electron chi connectivity index (χ3n) is 8.31. The number of nitrogens with one attached hydrogen (secondary N) is 1. The van der Waals surface area contributed by atoms with Crippen LogP contribution >= 0.6 is 23.2 Å². The highest BCUT2D eigenvalue weighted by molar-refractivity contribution is 6.35. The number of rotatable bonds is 8. The molecule has 0 atom stereocenters. The van der Waals surface area contributed by atoms with Gasteiger partial charge in [-0.15, -0.1) is 0 Å². The molecule has 3 aromatic rings. The highest BCUT2D eigenvalue weighted by atomic mass is 35.5. The van der Waals surface area contributed by atoms with Gasteiger partial charge in [-0.3, -0.25) is 9.80 Å². The van der Waals surface area contributed by atoms with E-state index in [4.69, 9.17) is 42.4 Å². The van der Waals surface area contributed by atoms with Crippen LogP contribution < -0.4 is 15.0 Å². The summed E-state index contributed by atoms with van der Waals surface area (Å²) >= 11 is 12.7. The van der Waals surface area contributed by atoms with Gasteiger partial charge in [0.1, 0.15) is 5.60 Å². The van der Waals surface area contributed by atoms with Crippen molar-refractivity contribution in [3.8, 4) is 22.9 Å². The van der Waals surface area contributed by atoms with Crippen molar-refractivity contribution in [1.29, 1.82) is 0 Å². The lowest BCUT2D eigenvalue weighted by molar-refractivity contribution is -0.0661. The maximum Gasteiger partial charge on any atom is 0.407 e. The average molecular weight is 671 g/mol. The van der Waals surface area contributed by atoms with E-state index in [0.717, 1.165) is 76.5 Å². The third-order valence-corrected chi connectivity index (χ3v) is 8.74. The number of carbonyl (C=O) groups excluding carboxylic acids is 1.